The summed E-state index contributed by atoms with van der Waals surface area (Å²) in [7, 11) is 0. The van der Waals surface area contributed by atoms with Crippen LogP contribution in [0.3, 0.4) is 0 Å². The molecular formula is C14H15NO3S. The average Bonchev–Trinajstić information content (AvgIpc) is 2.71. The number of thiophene rings is 1. The van der Waals surface area contributed by atoms with Crippen LogP contribution in [-0.4, -0.2) is 17.2 Å². The van der Waals surface area contributed by atoms with E-state index < -0.39 is 5.97 Å². The highest BCUT2D eigenvalue weighted by Crippen LogP contribution is 2.33. The van der Waals surface area contributed by atoms with E-state index >= 15 is 0 Å². The van der Waals surface area contributed by atoms with Gasteiger partial charge in [0.2, 0.25) is 0 Å². The lowest BCUT2D eigenvalue weighted by molar-refractivity contribution is 0.0703. The van der Waals surface area contributed by atoms with Crippen LogP contribution in [-0.2, 0) is 0 Å². The van der Waals surface area contributed by atoms with Crippen molar-refractivity contribution in [2.24, 2.45) is 0 Å². The topological polar surface area (TPSA) is 72.5 Å². The number of nitrogens with two attached hydrogens (primary N) is 1. The van der Waals surface area contributed by atoms with Crippen molar-refractivity contribution in [2.75, 3.05) is 5.73 Å². The van der Waals surface area contributed by atoms with Gasteiger partial charge < -0.3 is 15.6 Å². The molecule has 0 fully saturated rings. The summed E-state index contributed by atoms with van der Waals surface area (Å²) in [5.74, 6) is -0.199. The molecule has 0 aliphatic carbocycles. The van der Waals surface area contributed by atoms with Crippen molar-refractivity contribution in [1.82, 2.24) is 0 Å². The summed E-state index contributed by atoms with van der Waals surface area (Å²) in [5, 5.41) is 8.98. The molecule has 3 N–H and O–H groups in total. The second-order valence-electron chi connectivity index (χ2n) is 4.39. The van der Waals surface area contributed by atoms with Gasteiger partial charge in [0.05, 0.1) is 11.8 Å². The first kappa shape index (κ1) is 13.4. The molecule has 1 aromatic carbocycles. The molecule has 0 unspecified atom stereocenters. The number of hydrogen-bond donors (Lipinski definition) is 2. The Hall–Kier alpha value is -2.01. The molecule has 2 aromatic rings. The summed E-state index contributed by atoms with van der Waals surface area (Å²) in [4.78, 5) is 12.0. The highest BCUT2D eigenvalue weighted by Gasteiger charge is 2.14. The second kappa shape index (κ2) is 5.32. The maximum absolute atomic E-state index is 11.0. The van der Waals surface area contributed by atoms with Crippen molar-refractivity contribution in [1.29, 1.82) is 0 Å². The van der Waals surface area contributed by atoms with E-state index in [-0.39, 0.29) is 11.0 Å². The van der Waals surface area contributed by atoms with Crippen LogP contribution in [0.2, 0.25) is 0 Å². The number of carboxylic acid groups (broad SMARTS) is 1. The molecule has 5 heteroatoms. The van der Waals surface area contributed by atoms with Crippen molar-refractivity contribution in [3.8, 4) is 16.2 Å². The number of carbonyl (C=O) groups is 1. The largest absolute Gasteiger partial charge is 0.491 e. The smallest absolute Gasteiger partial charge is 0.348 e. The van der Waals surface area contributed by atoms with Crippen molar-refractivity contribution < 1.29 is 14.6 Å². The van der Waals surface area contributed by atoms with Crippen LogP contribution in [0, 0.1) is 0 Å². The molecule has 0 spiro atoms. The van der Waals surface area contributed by atoms with E-state index in [0.717, 1.165) is 16.2 Å². The summed E-state index contributed by atoms with van der Waals surface area (Å²) in [6.07, 6.45) is 0.127. The monoisotopic (exact) mass is 277 g/mol. The molecule has 1 aromatic heterocycles. The lowest BCUT2D eigenvalue weighted by atomic mass is 10.2. The Labute approximate surface area is 115 Å². The standard InChI is InChI=1S/C14H15NO3S/c1-8(2)18-10-5-3-9(4-6-10)12-7-11(15)13(19-12)14(16)17/h3-8H,15H2,1-2H3,(H,16,17). The summed E-state index contributed by atoms with van der Waals surface area (Å²) in [6, 6.07) is 9.22. The predicted molar refractivity (Wildman–Crippen MR) is 76.9 cm³/mol. The lowest BCUT2D eigenvalue weighted by Crippen LogP contribution is -2.04. The van der Waals surface area contributed by atoms with Gasteiger partial charge in [-0.2, -0.15) is 0 Å². The van der Waals surface area contributed by atoms with E-state index in [1.807, 2.05) is 38.1 Å². The summed E-state index contributed by atoms with van der Waals surface area (Å²) in [6.45, 7) is 3.93. The van der Waals surface area contributed by atoms with E-state index in [1.54, 1.807) is 6.07 Å². The minimum atomic E-state index is -0.992. The van der Waals surface area contributed by atoms with Gasteiger partial charge in [0.25, 0.3) is 0 Å². The van der Waals surface area contributed by atoms with E-state index in [1.165, 1.54) is 11.3 Å². The zero-order valence-electron chi connectivity index (χ0n) is 10.7. The van der Waals surface area contributed by atoms with Gasteiger partial charge in [0.1, 0.15) is 10.6 Å². The Bertz CT molecular complexity index is 587. The first-order valence-corrected chi connectivity index (χ1v) is 6.68. The zero-order chi connectivity index (χ0) is 14.0. The Morgan fingerprint density at radius 2 is 1.95 bits per heavy atom. The van der Waals surface area contributed by atoms with E-state index in [0.29, 0.717) is 5.69 Å². The fraction of sp³-hybridized carbons (Fsp3) is 0.214. The van der Waals surface area contributed by atoms with Gasteiger partial charge in [-0.05, 0) is 49.7 Å². The molecule has 0 atom stereocenters. The van der Waals surface area contributed by atoms with Crippen molar-refractivity contribution >= 4 is 23.0 Å². The lowest BCUT2D eigenvalue weighted by Gasteiger charge is -2.09. The average molecular weight is 277 g/mol. The number of benzene rings is 1. The summed E-state index contributed by atoms with van der Waals surface area (Å²) >= 11 is 1.18. The number of nitrogen functional groups attached to an aromatic ring is 1. The molecule has 0 saturated heterocycles. The second-order valence-corrected chi connectivity index (χ2v) is 5.44. The van der Waals surface area contributed by atoms with Crippen LogP contribution in [0.25, 0.3) is 10.4 Å². The number of aromatic carboxylic acids is 1. The Morgan fingerprint density at radius 1 is 1.32 bits per heavy atom. The van der Waals surface area contributed by atoms with Crippen LogP contribution in [0.1, 0.15) is 23.5 Å². The third kappa shape index (κ3) is 3.06. The normalized spacial score (nSPS) is 10.7. The SMILES string of the molecule is CC(C)Oc1ccc(-c2cc(N)c(C(=O)O)s2)cc1. The van der Waals surface area contributed by atoms with Crippen LogP contribution >= 0.6 is 11.3 Å². The van der Waals surface area contributed by atoms with Crippen LogP contribution in [0.15, 0.2) is 30.3 Å². The Kier molecular flexibility index (Phi) is 3.76. The molecule has 0 bridgehead atoms. The molecule has 19 heavy (non-hydrogen) atoms. The molecule has 0 radical (unpaired) electrons. The maximum Gasteiger partial charge on any atom is 0.348 e. The summed E-state index contributed by atoms with van der Waals surface area (Å²) in [5.41, 5.74) is 6.91. The van der Waals surface area contributed by atoms with Crippen molar-refractivity contribution in [3.63, 3.8) is 0 Å². The van der Waals surface area contributed by atoms with Gasteiger partial charge in [-0.3, -0.25) is 0 Å². The van der Waals surface area contributed by atoms with Gasteiger partial charge in [0.15, 0.2) is 0 Å². The molecular weight excluding hydrogens is 262 g/mol. The van der Waals surface area contributed by atoms with Gasteiger partial charge in [-0.1, -0.05) is 0 Å². The van der Waals surface area contributed by atoms with Gasteiger partial charge in [-0.15, -0.1) is 11.3 Å². The third-order valence-electron chi connectivity index (χ3n) is 2.47. The van der Waals surface area contributed by atoms with Crippen molar-refractivity contribution in [2.45, 2.75) is 20.0 Å². The number of anilines is 1. The fourth-order valence-electron chi connectivity index (χ4n) is 1.68. The van der Waals surface area contributed by atoms with E-state index in [4.69, 9.17) is 15.6 Å². The molecule has 0 amide bonds. The summed E-state index contributed by atoms with van der Waals surface area (Å²) < 4.78 is 5.56. The molecule has 0 aliphatic rings. The van der Waals surface area contributed by atoms with Crippen LogP contribution in [0.4, 0.5) is 5.69 Å². The minimum Gasteiger partial charge on any atom is -0.491 e. The van der Waals surface area contributed by atoms with Crippen molar-refractivity contribution in [3.05, 3.63) is 35.2 Å². The first-order valence-electron chi connectivity index (χ1n) is 5.87. The highest BCUT2D eigenvalue weighted by atomic mass is 32.1. The zero-order valence-corrected chi connectivity index (χ0v) is 11.5. The van der Waals surface area contributed by atoms with Crippen LogP contribution in [0.5, 0.6) is 5.75 Å². The number of carboxylic acids is 1. The maximum atomic E-state index is 11.0. The molecule has 2 rings (SSSR count). The highest BCUT2D eigenvalue weighted by molar-refractivity contribution is 7.17. The van der Waals surface area contributed by atoms with E-state index in [2.05, 4.69) is 0 Å². The number of rotatable bonds is 4. The Balaban J connectivity index is 2.27. The molecule has 0 aliphatic heterocycles. The molecule has 100 valence electrons. The van der Waals surface area contributed by atoms with E-state index in [9.17, 15) is 4.79 Å². The van der Waals surface area contributed by atoms with Gasteiger partial charge >= 0.3 is 5.97 Å². The number of ether oxygens (including phenoxy) is 1. The first-order chi connectivity index (χ1) is 8.97. The Morgan fingerprint density at radius 3 is 2.42 bits per heavy atom. The van der Waals surface area contributed by atoms with Crippen LogP contribution < -0.4 is 10.5 Å². The minimum absolute atomic E-state index is 0.127. The number of hydrogen-bond acceptors (Lipinski definition) is 4. The molecule has 4 nitrogen and oxygen atoms in total. The van der Waals surface area contributed by atoms with Gasteiger partial charge in [0, 0.05) is 4.88 Å². The molecule has 1 heterocycles. The quantitative estimate of drug-likeness (QED) is 0.897. The third-order valence-corrected chi connectivity index (χ3v) is 3.65. The fourth-order valence-corrected chi connectivity index (χ4v) is 2.61. The van der Waals surface area contributed by atoms with Gasteiger partial charge in [-0.25, -0.2) is 4.79 Å². The predicted octanol–water partition coefficient (Wildman–Crippen LogP) is 3.48. The molecule has 0 saturated carbocycles.